The Hall–Kier alpha value is -1.05. The van der Waals surface area contributed by atoms with Crippen molar-refractivity contribution in [2.75, 3.05) is 12.4 Å². The maximum absolute atomic E-state index is 4.15. The lowest BCUT2D eigenvalue weighted by Crippen LogP contribution is -1.99. The van der Waals surface area contributed by atoms with Gasteiger partial charge in [0, 0.05) is 19.3 Å². The van der Waals surface area contributed by atoms with Crippen LogP contribution in [-0.2, 0) is 0 Å². The first-order chi connectivity index (χ1) is 5.25. The summed E-state index contributed by atoms with van der Waals surface area (Å²) in [7, 11) is 1.88. The van der Waals surface area contributed by atoms with E-state index in [-0.39, 0.29) is 0 Å². The highest BCUT2D eigenvalue weighted by Gasteiger charge is 2.03. The minimum absolute atomic E-state index is 0.502. The molecule has 0 aliphatic rings. The fraction of sp³-hybridized carbons (Fsp3) is 0.444. The van der Waals surface area contributed by atoms with Gasteiger partial charge >= 0.3 is 0 Å². The molecule has 1 heterocycles. The summed E-state index contributed by atoms with van der Waals surface area (Å²) in [4.78, 5) is 4.15. The Labute approximate surface area is 67.7 Å². The van der Waals surface area contributed by atoms with Gasteiger partial charge in [0.15, 0.2) is 0 Å². The van der Waals surface area contributed by atoms with Gasteiger partial charge in [-0.2, -0.15) is 0 Å². The Kier molecular flexibility index (Phi) is 2.47. The summed E-state index contributed by atoms with van der Waals surface area (Å²) in [5, 5.41) is 3.05. The number of hydrogen-bond donors (Lipinski definition) is 1. The third-order valence-electron chi connectivity index (χ3n) is 1.64. The number of nitrogens with zero attached hydrogens (tertiary/aromatic N) is 1. The zero-order valence-electron chi connectivity index (χ0n) is 7.18. The maximum atomic E-state index is 4.15. The van der Waals surface area contributed by atoms with E-state index in [0.717, 1.165) is 5.82 Å². The quantitative estimate of drug-likeness (QED) is 0.696. The fourth-order valence-corrected chi connectivity index (χ4v) is 1.02. The van der Waals surface area contributed by atoms with E-state index in [1.807, 2.05) is 13.1 Å². The molecule has 1 aromatic heterocycles. The molecule has 59 valence electrons. The van der Waals surface area contributed by atoms with Crippen LogP contribution in [0.1, 0.15) is 25.3 Å². The number of anilines is 1. The van der Waals surface area contributed by atoms with Crippen molar-refractivity contribution in [2.45, 2.75) is 19.8 Å². The monoisotopic (exact) mass is 149 g/mol. The lowest BCUT2D eigenvalue weighted by molar-refractivity contribution is 0.860. The molecule has 1 rings (SSSR count). The average Bonchev–Trinajstić information content (AvgIpc) is 2.04. The predicted octanol–water partition coefficient (Wildman–Crippen LogP) is 2.05. The summed E-state index contributed by atoms with van der Waals surface area (Å²) in [6.45, 7) is 4.29. The second-order valence-electron chi connectivity index (χ2n) is 2.78. The summed E-state index contributed by atoms with van der Waals surface area (Å²) in [6, 6.07) is 4.94. The molecule has 1 N–H and O–H groups in total. The molecular formula is C9H13N2. The van der Waals surface area contributed by atoms with Gasteiger partial charge < -0.3 is 5.32 Å². The molecule has 0 bridgehead atoms. The van der Waals surface area contributed by atoms with Gasteiger partial charge in [0.1, 0.15) is 5.82 Å². The van der Waals surface area contributed by atoms with Crippen molar-refractivity contribution >= 4 is 5.82 Å². The number of rotatable bonds is 2. The lowest BCUT2D eigenvalue weighted by Gasteiger charge is -2.09. The lowest BCUT2D eigenvalue weighted by atomic mass is 10.0. The first kappa shape index (κ1) is 8.05. The van der Waals surface area contributed by atoms with Gasteiger partial charge in [-0.25, -0.2) is 4.98 Å². The maximum Gasteiger partial charge on any atom is 0.129 e. The fourth-order valence-electron chi connectivity index (χ4n) is 1.02. The van der Waals surface area contributed by atoms with Crippen LogP contribution in [0.25, 0.3) is 0 Å². The molecule has 0 aromatic carbocycles. The van der Waals surface area contributed by atoms with Crippen molar-refractivity contribution < 1.29 is 0 Å². The zero-order valence-corrected chi connectivity index (χ0v) is 7.18. The third kappa shape index (κ3) is 1.70. The van der Waals surface area contributed by atoms with Crippen LogP contribution in [0.5, 0.6) is 0 Å². The standard InChI is InChI=1S/C9H13N2/c1-7(2)8-5-4-6-11-9(8)10-3/h5-7H,1-3H3,(H,10,11). The highest BCUT2D eigenvalue weighted by molar-refractivity contribution is 5.44. The second-order valence-corrected chi connectivity index (χ2v) is 2.78. The van der Waals surface area contributed by atoms with Gasteiger partial charge in [-0.3, -0.25) is 0 Å². The number of nitrogens with one attached hydrogen (secondary N) is 1. The average molecular weight is 149 g/mol. The predicted molar refractivity (Wildman–Crippen MR) is 46.7 cm³/mol. The molecule has 0 fully saturated rings. The van der Waals surface area contributed by atoms with Crippen LogP contribution in [0.4, 0.5) is 5.82 Å². The minimum Gasteiger partial charge on any atom is -0.373 e. The van der Waals surface area contributed by atoms with Crippen LogP contribution in [0, 0.1) is 6.07 Å². The first-order valence-corrected chi connectivity index (χ1v) is 3.79. The number of hydrogen-bond acceptors (Lipinski definition) is 2. The molecule has 0 amide bonds. The molecule has 0 aliphatic heterocycles. The van der Waals surface area contributed by atoms with E-state index in [4.69, 9.17) is 0 Å². The van der Waals surface area contributed by atoms with E-state index in [9.17, 15) is 0 Å². The molecule has 2 heteroatoms. The zero-order chi connectivity index (χ0) is 8.27. The van der Waals surface area contributed by atoms with Crippen molar-refractivity contribution in [3.63, 3.8) is 0 Å². The summed E-state index contributed by atoms with van der Waals surface area (Å²) in [5.74, 6) is 1.46. The van der Waals surface area contributed by atoms with Gasteiger partial charge in [0.2, 0.25) is 0 Å². The normalized spacial score (nSPS) is 10.2. The molecule has 2 nitrogen and oxygen atoms in total. The molecular weight excluding hydrogens is 136 g/mol. The summed E-state index contributed by atoms with van der Waals surface area (Å²) >= 11 is 0. The molecule has 0 atom stereocenters. The van der Waals surface area contributed by atoms with Crippen molar-refractivity contribution in [2.24, 2.45) is 0 Å². The van der Waals surface area contributed by atoms with E-state index >= 15 is 0 Å². The van der Waals surface area contributed by atoms with Crippen LogP contribution in [0.3, 0.4) is 0 Å². The summed E-state index contributed by atoms with van der Waals surface area (Å²) in [6.07, 6.45) is 1.68. The number of aromatic nitrogens is 1. The first-order valence-electron chi connectivity index (χ1n) is 3.79. The Morgan fingerprint density at radius 3 is 2.73 bits per heavy atom. The Morgan fingerprint density at radius 1 is 1.55 bits per heavy atom. The summed E-state index contributed by atoms with van der Waals surface area (Å²) < 4.78 is 0. The molecule has 11 heavy (non-hydrogen) atoms. The van der Waals surface area contributed by atoms with Gasteiger partial charge in [0.25, 0.3) is 0 Å². The molecule has 0 unspecified atom stereocenters. The van der Waals surface area contributed by atoms with Crippen molar-refractivity contribution in [3.8, 4) is 0 Å². The van der Waals surface area contributed by atoms with E-state index < -0.39 is 0 Å². The molecule has 0 aliphatic carbocycles. The van der Waals surface area contributed by atoms with Gasteiger partial charge in [-0.15, -0.1) is 0 Å². The van der Waals surface area contributed by atoms with Crippen molar-refractivity contribution in [1.29, 1.82) is 0 Å². The van der Waals surface area contributed by atoms with Crippen molar-refractivity contribution in [1.82, 2.24) is 4.98 Å². The van der Waals surface area contributed by atoms with Crippen LogP contribution in [0.2, 0.25) is 0 Å². The van der Waals surface area contributed by atoms with Crippen molar-refractivity contribution in [3.05, 3.63) is 23.9 Å². The molecule has 0 saturated carbocycles. The van der Waals surface area contributed by atoms with E-state index in [1.165, 1.54) is 5.56 Å². The largest absolute Gasteiger partial charge is 0.373 e. The Balaban J connectivity index is 3.02. The van der Waals surface area contributed by atoms with E-state index in [2.05, 4.69) is 30.2 Å². The van der Waals surface area contributed by atoms with E-state index in [0.29, 0.717) is 5.92 Å². The van der Waals surface area contributed by atoms with Crippen LogP contribution in [0.15, 0.2) is 12.3 Å². The smallest absolute Gasteiger partial charge is 0.129 e. The van der Waals surface area contributed by atoms with Gasteiger partial charge in [-0.1, -0.05) is 13.8 Å². The highest BCUT2D eigenvalue weighted by Crippen LogP contribution is 2.19. The molecule has 0 saturated heterocycles. The highest BCUT2D eigenvalue weighted by atomic mass is 15.0. The Morgan fingerprint density at radius 2 is 2.27 bits per heavy atom. The summed E-state index contributed by atoms with van der Waals surface area (Å²) in [5.41, 5.74) is 1.22. The minimum atomic E-state index is 0.502. The van der Waals surface area contributed by atoms with Crippen LogP contribution in [-0.4, -0.2) is 12.0 Å². The van der Waals surface area contributed by atoms with Crippen LogP contribution >= 0.6 is 0 Å². The topological polar surface area (TPSA) is 24.9 Å². The second kappa shape index (κ2) is 3.37. The number of pyridine rings is 1. The Bertz CT molecular complexity index is 231. The third-order valence-corrected chi connectivity index (χ3v) is 1.64. The SMILES string of the molecule is CNc1nc[c]cc1C(C)C. The van der Waals surface area contributed by atoms with Gasteiger partial charge in [-0.05, 0) is 17.5 Å². The van der Waals surface area contributed by atoms with Gasteiger partial charge in [0.05, 0.1) is 0 Å². The molecule has 0 spiro atoms. The van der Waals surface area contributed by atoms with Crippen LogP contribution < -0.4 is 5.32 Å². The molecule has 1 radical (unpaired) electrons. The molecule has 1 aromatic rings. The van der Waals surface area contributed by atoms with E-state index in [1.54, 1.807) is 6.20 Å².